The van der Waals surface area contributed by atoms with Gasteiger partial charge in [-0.1, -0.05) is 43.7 Å². The fourth-order valence-corrected chi connectivity index (χ4v) is 3.22. The van der Waals surface area contributed by atoms with Crippen molar-refractivity contribution in [3.8, 4) is 11.3 Å². The molecule has 2 heterocycles. The van der Waals surface area contributed by atoms with Crippen molar-refractivity contribution in [1.82, 2.24) is 14.7 Å². The van der Waals surface area contributed by atoms with Crippen LogP contribution in [-0.4, -0.2) is 21.8 Å². The number of aromatic nitrogens is 2. The number of amides is 1. The molecule has 0 unspecified atom stereocenters. The van der Waals surface area contributed by atoms with Crippen molar-refractivity contribution in [3.05, 3.63) is 57.3 Å². The average Bonchev–Trinajstić information content (AvgIpc) is 2.98. The van der Waals surface area contributed by atoms with Gasteiger partial charge in [-0.25, -0.2) is 4.98 Å². The van der Waals surface area contributed by atoms with Gasteiger partial charge >= 0.3 is 0 Å². The fraction of sp³-hybridized carbons (Fsp3) is 0.278. The Morgan fingerprint density at radius 2 is 2.00 bits per heavy atom. The number of rotatable bonds is 4. The molecular formula is C18H19N3O2S. The van der Waals surface area contributed by atoms with Crippen molar-refractivity contribution in [3.63, 3.8) is 0 Å². The molecule has 24 heavy (non-hydrogen) atoms. The summed E-state index contributed by atoms with van der Waals surface area (Å²) in [6.07, 6.45) is 1.36. The maximum Gasteiger partial charge on any atom is 0.271 e. The molecule has 0 aliphatic rings. The smallest absolute Gasteiger partial charge is 0.271 e. The van der Waals surface area contributed by atoms with Crippen LogP contribution in [0, 0.1) is 12.8 Å². The van der Waals surface area contributed by atoms with Crippen molar-refractivity contribution in [2.75, 3.05) is 6.54 Å². The zero-order chi connectivity index (χ0) is 17.3. The van der Waals surface area contributed by atoms with Gasteiger partial charge in [-0.15, -0.1) is 11.3 Å². The van der Waals surface area contributed by atoms with E-state index < -0.39 is 0 Å². The summed E-state index contributed by atoms with van der Waals surface area (Å²) in [6.45, 7) is 6.54. The van der Waals surface area contributed by atoms with Gasteiger partial charge in [-0.05, 0) is 18.4 Å². The molecule has 2 aromatic heterocycles. The van der Waals surface area contributed by atoms with Gasteiger partial charge in [0.2, 0.25) is 0 Å². The molecule has 3 aromatic rings. The third kappa shape index (κ3) is 3.10. The van der Waals surface area contributed by atoms with Crippen LogP contribution < -0.4 is 10.9 Å². The lowest BCUT2D eigenvalue weighted by Crippen LogP contribution is -2.33. The molecule has 6 heteroatoms. The first kappa shape index (κ1) is 16.4. The Morgan fingerprint density at radius 1 is 1.29 bits per heavy atom. The van der Waals surface area contributed by atoms with Crippen LogP contribution >= 0.6 is 11.3 Å². The lowest BCUT2D eigenvalue weighted by molar-refractivity contribution is 0.0947. The molecule has 124 valence electrons. The van der Waals surface area contributed by atoms with Crippen LogP contribution in [0.25, 0.3) is 16.2 Å². The first-order valence-corrected chi connectivity index (χ1v) is 8.70. The standard InChI is InChI=1S/C18H19N3O2S/c1-11(2)8-19-16(22)14-9-20-18-21(17(14)23)15(10-24-18)13-6-4-12(3)5-7-13/h4-7,9-11H,8H2,1-3H3,(H,19,22). The molecule has 5 nitrogen and oxygen atoms in total. The van der Waals surface area contributed by atoms with Gasteiger partial charge < -0.3 is 5.32 Å². The van der Waals surface area contributed by atoms with E-state index in [4.69, 9.17) is 0 Å². The summed E-state index contributed by atoms with van der Waals surface area (Å²) in [7, 11) is 0. The number of fused-ring (bicyclic) bond motifs is 1. The molecule has 0 radical (unpaired) electrons. The number of aryl methyl sites for hydroxylation is 1. The summed E-state index contributed by atoms with van der Waals surface area (Å²) in [6, 6.07) is 7.93. The third-order valence-corrected chi connectivity index (χ3v) is 4.55. The second kappa shape index (κ2) is 6.57. The maximum atomic E-state index is 12.8. The molecular weight excluding hydrogens is 322 g/mol. The summed E-state index contributed by atoms with van der Waals surface area (Å²) < 4.78 is 1.51. The van der Waals surface area contributed by atoms with Gasteiger partial charge in [0.05, 0.1) is 5.69 Å². The van der Waals surface area contributed by atoms with Crippen LogP contribution in [0.2, 0.25) is 0 Å². The van der Waals surface area contributed by atoms with E-state index in [2.05, 4.69) is 10.3 Å². The normalized spacial score (nSPS) is 11.2. The maximum absolute atomic E-state index is 12.8. The first-order chi connectivity index (χ1) is 11.5. The lowest BCUT2D eigenvalue weighted by Gasteiger charge is -2.08. The van der Waals surface area contributed by atoms with E-state index in [9.17, 15) is 9.59 Å². The Bertz CT molecular complexity index is 939. The fourth-order valence-electron chi connectivity index (χ4n) is 2.37. The Labute approximate surface area is 144 Å². The van der Waals surface area contributed by atoms with Gasteiger partial charge in [-0.2, -0.15) is 0 Å². The van der Waals surface area contributed by atoms with E-state index in [0.29, 0.717) is 17.4 Å². The van der Waals surface area contributed by atoms with Crippen LogP contribution in [0.4, 0.5) is 0 Å². The number of hydrogen-bond donors (Lipinski definition) is 1. The van der Waals surface area contributed by atoms with Crippen LogP contribution in [-0.2, 0) is 0 Å². The summed E-state index contributed by atoms with van der Waals surface area (Å²) in [4.78, 5) is 29.9. The number of nitrogens with zero attached hydrogens (tertiary/aromatic N) is 2. The van der Waals surface area contributed by atoms with Crippen LogP contribution in [0.1, 0.15) is 29.8 Å². The highest BCUT2D eigenvalue weighted by atomic mass is 32.1. The van der Waals surface area contributed by atoms with E-state index in [1.54, 1.807) is 0 Å². The average molecular weight is 341 g/mol. The third-order valence-electron chi connectivity index (χ3n) is 3.71. The Kier molecular flexibility index (Phi) is 4.49. The molecule has 0 spiro atoms. The SMILES string of the molecule is Cc1ccc(-c2csc3ncc(C(=O)NCC(C)C)c(=O)n23)cc1. The molecule has 0 aliphatic carbocycles. The molecule has 0 fully saturated rings. The van der Waals surface area contributed by atoms with Crippen molar-refractivity contribution in [2.24, 2.45) is 5.92 Å². The summed E-state index contributed by atoms with van der Waals surface area (Å²) in [5.74, 6) is -0.0608. The van der Waals surface area contributed by atoms with E-state index in [-0.39, 0.29) is 17.0 Å². The van der Waals surface area contributed by atoms with E-state index in [0.717, 1.165) is 16.8 Å². The largest absolute Gasteiger partial charge is 0.352 e. The van der Waals surface area contributed by atoms with Crippen LogP contribution in [0.15, 0.2) is 40.6 Å². The molecule has 3 rings (SSSR count). The summed E-state index contributed by atoms with van der Waals surface area (Å²) in [5.41, 5.74) is 2.57. The zero-order valence-electron chi connectivity index (χ0n) is 13.9. The van der Waals surface area contributed by atoms with Crippen molar-refractivity contribution >= 4 is 22.2 Å². The second-order valence-electron chi connectivity index (χ2n) is 6.19. The molecule has 0 bridgehead atoms. The predicted octanol–water partition coefficient (Wildman–Crippen LogP) is 3.12. The van der Waals surface area contributed by atoms with Crippen molar-refractivity contribution in [2.45, 2.75) is 20.8 Å². The highest BCUT2D eigenvalue weighted by Crippen LogP contribution is 2.24. The topological polar surface area (TPSA) is 63.5 Å². The number of thiazole rings is 1. The van der Waals surface area contributed by atoms with E-state index in [1.807, 2.05) is 50.4 Å². The molecule has 0 saturated heterocycles. The predicted molar refractivity (Wildman–Crippen MR) is 96.7 cm³/mol. The van der Waals surface area contributed by atoms with Crippen LogP contribution in [0.3, 0.4) is 0 Å². The van der Waals surface area contributed by atoms with Gasteiger partial charge in [0.15, 0.2) is 4.96 Å². The Morgan fingerprint density at radius 3 is 2.67 bits per heavy atom. The number of carbonyl (C=O) groups is 1. The zero-order valence-corrected chi connectivity index (χ0v) is 14.7. The minimum Gasteiger partial charge on any atom is -0.352 e. The molecule has 1 amide bonds. The number of benzene rings is 1. The molecule has 0 saturated carbocycles. The highest BCUT2D eigenvalue weighted by molar-refractivity contribution is 7.15. The van der Waals surface area contributed by atoms with Gasteiger partial charge in [0.1, 0.15) is 5.56 Å². The Balaban J connectivity index is 2.08. The van der Waals surface area contributed by atoms with E-state index in [1.165, 1.54) is 21.9 Å². The minimum absolute atomic E-state index is 0.0694. The van der Waals surface area contributed by atoms with Crippen molar-refractivity contribution < 1.29 is 4.79 Å². The monoisotopic (exact) mass is 341 g/mol. The Hall–Kier alpha value is -2.47. The minimum atomic E-state index is -0.378. The number of nitrogens with one attached hydrogen (secondary N) is 1. The molecule has 1 aromatic carbocycles. The van der Waals surface area contributed by atoms with Gasteiger partial charge in [0.25, 0.3) is 11.5 Å². The lowest BCUT2D eigenvalue weighted by atomic mass is 10.1. The quantitative estimate of drug-likeness (QED) is 0.793. The summed E-state index contributed by atoms with van der Waals surface area (Å²) in [5, 5.41) is 4.67. The molecule has 0 aliphatic heterocycles. The molecule has 0 atom stereocenters. The summed E-state index contributed by atoms with van der Waals surface area (Å²) >= 11 is 1.39. The van der Waals surface area contributed by atoms with Crippen molar-refractivity contribution in [1.29, 1.82) is 0 Å². The van der Waals surface area contributed by atoms with Gasteiger partial charge in [0, 0.05) is 18.1 Å². The number of carbonyl (C=O) groups excluding carboxylic acids is 1. The van der Waals surface area contributed by atoms with Gasteiger partial charge in [-0.3, -0.25) is 14.0 Å². The second-order valence-corrected chi connectivity index (χ2v) is 7.02. The van der Waals surface area contributed by atoms with E-state index >= 15 is 0 Å². The molecule has 1 N–H and O–H groups in total. The van der Waals surface area contributed by atoms with Crippen LogP contribution in [0.5, 0.6) is 0 Å². The number of hydrogen-bond acceptors (Lipinski definition) is 4. The highest BCUT2D eigenvalue weighted by Gasteiger charge is 2.17. The first-order valence-electron chi connectivity index (χ1n) is 7.82.